The van der Waals surface area contributed by atoms with Crippen molar-refractivity contribution >= 4 is 23.1 Å². The van der Waals surface area contributed by atoms with E-state index >= 15 is 0 Å². The standard InChI is InChI=1S/C35H30FN3O3S/c1-20-17-24(21(2)38(20)26-13-11-25(36)12-14-26)19-31-34(40)39-33(23-10-16-29(41-3)30(18-23)42-4)28-15-9-22-7-5-6-8-27(22)32(28)37-35(39)43-31/h5-8,10-14,16-19,33H,9,15H2,1-4H3/b31-19-/t33-/m0/s1. The van der Waals surface area contributed by atoms with E-state index in [2.05, 4.69) is 28.8 Å². The number of thiazole rings is 1. The number of methoxy groups -OCH3 is 2. The first kappa shape index (κ1) is 27.2. The Bertz CT molecular complexity index is 2120. The van der Waals surface area contributed by atoms with Gasteiger partial charge in [-0.25, -0.2) is 9.38 Å². The highest BCUT2D eigenvalue weighted by molar-refractivity contribution is 7.07. The first-order valence-electron chi connectivity index (χ1n) is 14.2. The highest BCUT2D eigenvalue weighted by atomic mass is 32.1. The molecule has 43 heavy (non-hydrogen) atoms. The molecular formula is C35H30FN3O3S. The van der Waals surface area contributed by atoms with E-state index in [0.29, 0.717) is 20.8 Å². The zero-order valence-corrected chi connectivity index (χ0v) is 25.2. The van der Waals surface area contributed by atoms with Gasteiger partial charge < -0.3 is 14.0 Å². The molecule has 0 bridgehead atoms. The summed E-state index contributed by atoms with van der Waals surface area (Å²) in [5.74, 6) is 0.978. The van der Waals surface area contributed by atoms with Crippen LogP contribution in [0.2, 0.25) is 0 Å². The maximum atomic E-state index is 14.3. The van der Waals surface area contributed by atoms with Gasteiger partial charge in [0.1, 0.15) is 5.82 Å². The molecule has 0 unspecified atom stereocenters. The number of rotatable bonds is 5. The molecule has 0 N–H and O–H groups in total. The number of aromatic nitrogens is 2. The molecule has 3 aromatic carbocycles. The summed E-state index contributed by atoms with van der Waals surface area (Å²) >= 11 is 1.40. The summed E-state index contributed by atoms with van der Waals surface area (Å²) in [6.07, 6.45) is 3.64. The minimum atomic E-state index is -0.326. The fraction of sp³-hybridized carbons (Fsp3) is 0.200. The van der Waals surface area contributed by atoms with Crippen LogP contribution >= 0.6 is 11.3 Å². The maximum absolute atomic E-state index is 14.3. The van der Waals surface area contributed by atoms with Crippen LogP contribution < -0.4 is 24.4 Å². The number of aryl methyl sites for hydroxylation is 2. The molecule has 0 saturated carbocycles. The van der Waals surface area contributed by atoms with E-state index in [-0.39, 0.29) is 17.4 Å². The summed E-state index contributed by atoms with van der Waals surface area (Å²) in [5, 5.41) is 0. The van der Waals surface area contributed by atoms with Gasteiger partial charge in [0.25, 0.3) is 5.56 Å². The molecule has 0 amide bonds. The third kappa shape index (κ3) is 4.44. The monoisotopic (exact) mass is 591 g/mol. The Morgan fingerprint density at radius 3 is 2.49 bits per heavy atom. The molecule has 216 valence electrons. The van der Waals surface area contributed by atoms with Gasteiger partial charge in [-0.1, -0.05) is 41.7 Å². The second-order valence-corrected chi connectivity index (χ2v) is 11.9. The van der Waals surface area contributed by atoms with Crippen LogP contribution in [0.5, 0.6) is 11.5 Å². The topological polar surface area (TPSA) is 57.8 Å². The van der Waals surface area contributed by atoms with E-state index in [0.717, 1.165) is 57.9 Å². The zero-order chi connectivity index (χ0) is 29.8. The second-order valence-electron chi connectivity index (χ2n) is 10.9. The Balaban J connectivity index is 1.44. The van der Waals surface area contributed by atoms with Crippen LogP contribution in [0.1, 0.15) is 46.1 Å². The molecule has 2 aromatic heterocycles. The van der Waals surface area contributed by atoms with E-state index in [1.165, 1.54) is 29.0 Å². The Hall–Kier alpha value is -4.69. The highest BCUT2D eigenvalue weighted by Crippen LogP contribution is 2.42. The van der Waals surface area contributed by atoms with Gasteiger partial charge in [-0.15, -0.1) is 0 Å². The Labute approximate surface area is 252 Å². The molecule has 1 atom stereocenters. The summed E-state index contributed by atoms with van der Waals surface area (Å²) < 4.78 is 29.3. The first-order valence-corrected chi connectivity index (χ1v) is 15.0. The van der Waals surface area contributed by atoms with Crippen molar-refractivity contribution in [3.05, 3.63) is 138 Å². The van der Waals surface area contributed by atoms with Crippen LogP contribution in [0.25, 0.3) is 17.5 Å². The van der Waals surface area contributed by atoms with E-state index in [4.69, 9.17) is 14.5 Å². The summed E-state index contributed by atoms with van der Waals surface area (Å²) in [6, 6.07) is 22.4. The van der Waals surface area contributed by atoms with Gasteiger partial charge in [-0.2, -0.15) is 0 Å². The van der Waals surface area contributed by atoms with Crippen LogP contribution in [-0.2, 0) is 6.42 Å². The number of benzene rings is 3. The lowest BCUT2D eigenvalue weighted by molar-refractivity contribution is 0.354. The molecule has 2 aliphatic rings. The molecule has 1 aliphatic carbocycles. The van der Waals surface area contributed by atoms with E-state index < -0.39 is 0 Å². The molecule has 1 aliphatic heterocycles. The van der Waals surface area contributed by atoms with Crippen LogP contribution in [0.4, 0.5) is 4.39 Å². The molecule has 0 fully saturated rings. The fourth-order valence-corrected chi connectivity index (χ4v) is 7.40. The Morgan fingerprint density at radius 2 is 1.72 bits per heavy atom. The molecule has 0 radical (unpaired) electrons. The van der Waals surface area contributed by atoms with Crippen molar-refractivity contribution in [3.8, 4) is 17.2 Å². The maximum Gasteiger partial charge on any atom is 0.271 e. The van der Waals surface area contributed by atoms with Gasteiger partial charge in [-0.05, 0) is 97.5 Å². The summed E-state index contributed by atoms with van der Waals surface area (Å²) in [5.41, 5.74) is 9.10. The third-order valence-corrected chi connectivity index (χ3v) is 9.42. The number of ether oxygens (including phenoxy) is 2. The number of nitrogens with zero attached hydrogens (tertiary/aromatic N) is 3. The fourth-order valence-electron chi connectivity index (χ4n) is 6.41. The van der Waals surface area contributed by atoms with Crippen molar-refractivity contribution < 1.29 is 13.9 Å². The highest BCUT2D eigenvalue weighted by Gasteiger charge is 2.33. The lowest BCUT2D eigenvalue weighted by atomic mass is 9.83. The predicted octanol–water partition coefficient (Wildman–Crippen LogP) is 5.88. The van der Waals surface area contributed by atoms with Gasteiger partial charge >= 0.3 is 0 Å². The Morgan fingerprint density at radius 1 is 0.953 bits per heavy atom. The average molecular weight is 592 g/mol. The van der Waals surface area contributed by atoms with Crippen LogP contribution in [0.3, 0.4) is 0 Å². The van der Waals surface area contributed by atoms with Crippen molar-refractivity contribution in [2.75, 3.05) is 14.2 Å². The molecular weight excluding hydrogens is 561 g/mol. The lowest BCUT2D eigenvalue weighted by Gasteiger charge is -2.31. The first-order chi connectivity index (χ1) is 20.9. The average Bonchev–Trinajstić information content (AvgIpc) is 3.49. The number of hydrogen-bond donors (Lipinski definition) is 0. The lowest BCUT2D eigenvalue weighted by Crippen LogP contribution is -2.38. The quantitative estimate of drug-likeness (QED) is 0.257. The normalized spacial score (nSPS) is 15.9. The zero-order valence-electron chi connectivity index (χ0n) is 24.3. The van der Waals surface area contributed by atoms with Crippen molar-refractivity contribution in [2.24, 2.45) is 4.99 Å². The van der Waals surface area contributed by atoms with E-state index in [1.54, 1.807) is 26.4 Å². The van der Waals surface area contributed by atoms with Gasteiger partial charge in [0.15, 0.2) is 16.3 Å². The van der Waals surface area contributed by atoms with E-state index in [1.807, 2.05) is 48.8 Å². The number of hydrogen-bond acceptors (Lipinski definition) is 5. The van der Waals surface area contributed by atoms with Crippen LogP contribution in [0, 0.1) is 19.7 Å². The molecule has 8 heteroatoms. The van der Waals surface area contributed by atoms with Gasteiger partial charge in [0.05, 0.1) is 30.5 Å². The minimum Gasteiger partial charge on any atom is -0.493 e. The number of fused-ring (bicyclic) bond motifs is 3. The smallest absolute Gasteiger partial charge is 0.271 e. The number of allylic oxidation sites excluding steroid dienone is 1. The summed E-state index contributed by atoms with van der Waals surface area (Å²) in [4.78, 5) is 20.1. The van der Waals surface area contributed by atoms with Crippen molar-refractivity contribution in [3.63, 3.8) is 0 Å². The van der Waals surface area contributed by atoms with Gasteiger partial charge in [-0.3, -0.25) is 9.36 Å². The molecule has 5 aromatic rings. The minimum absolute atomic E-state index is 0.0828. The Kier molecular flexibility index (Phi) is 6.66. The van der Waals surface area contributed by atoms with Gasteiger partial charge in [0, 0.05) is 22.6 Å². The van der Waals surface area contributed by atoms with Crippen molar-refractivity contribution in [1.82, 2.24) is 9.13 Å². The molecule has 0 spiro atoms. The molecule has 0 saturated heterocycles. The van der Waals surface area contributed by atoms with Gasteiger partial charge in [0.2, 0.25) is 0 Å². The summed E-state index contributed by atoms with van der Waals surface area (Å²) in [7, 11) is 3.24. The van der Waals surface area contributed by atoms with Crippen LogP contribution in [0.15, 0.2) is 88.2 Å². The summed E-state index contributed by atoms with van der Waals surface area (Å²) in [6.45, 7) is 4.03. The molecule has 3 heterocycles. The second kappa shape index (κ2) is 10.5. The third-order valence-electron chi connectivity index (χ3n) is 8.44. The largest absolute Gasteiger partial charge is 0.493 e. The molecule has 7 rings (SSSR count). The number of halogens is 1. The predicted molar refractivity (Wildman–Crippen MR) is 167 cm³/mol. The molecule has 6 nitrogen and oxygen atoms in total. The van der Waals surface area contributed by atoms with Crippen molar-refractivity contribution in [1.29, 1.82) is 0 Å². The van der Waals surface area contributed by atoms with Crippen molar-refractivity contribution in [2.45, 2.75) is 32.7 Å². The van der Waals surface area contributed by atoms with E-state index in [9.17, 15) is 9.18 Å². The van der Waals surface area contributed by atoms with Crippen LogP contribution in [-0.4, -0.2) is 23.4 Å². The SMILES string of the molecule is COc1ccc([C@H]2C3=C(N=c4s/c(=C\c5cc(C)n(-c6ccc(F)cc6)c5C)c(=O)n42)c2ccccc2CC3)cc1OC.